The lowest BCUT2D eigenvalue weighted by molar-refractivity contribution is 0.410. The third-order valence-corrected chi connectivity index (χ3v) is 7.11. The Labute approximate surface area is 203 Å². The molecule has 4 aromatic rings. The van der Waals surface area contributed by atoms with E-state index in [0.29, 0.717) is 24.6 Å². The van der Waals surface area contributed by atoms with E-state index < -0.39 is 0 Å². The van der Waals surface area contributed by atoms with Crippen LogP contribution in [0.25, 0.3) is 21.6 Å². The molecule has 33 heavy (non-hydrogen) atoms. The van der Waals surface area contributed by atoms with Crippen LogP contribution in [0.15, 0.2) is 41.5 Å². The molecule has 0 unspecified atom stereocenters. The highest BCUT2D eigenvalue weighted by Gasteiger charge is 2.21. The van der Waals surface area contributed by atoms with Gasteiger partial charge in [0, 0.05) is 33.4 Å². The van der Waals surface area contributed by atoms with Crippen molar-refractivity contribution in [1.82, 2.24) is 19.5 Å². The summed E-state index contributed by atoms with van der Waals surface area (Å²) in [6.45, 7) is 4.94. The maximum atomic E-state index is 6.07. The average Bonchev–Trinajstić information content (AvgIpc) is 3.53. The fourth-order valence-corrected chi connectivity index (χ4v) is 5.06. The minimum atomic E-state index is 0. The summed E-state index contributed by atoms with van der Waals surface area (Å²) in [5, 5.41) is 7.04. The normalized spacial score (nSPS) is 18.4. The lowest BCUT2D eigenvalue weighted by atomic mass is 9.92. The van der Waals surface area contributed by atoms with Crippen LogP contribution < -0.4 is 16.4 Å². The highest BCUT2D eigenvalue weighted by molar-refractivity contribution is 7.15. The number of furan rings is 1. The number of hydrogen-bond donors (Lipinski definition) is 3. The van der Waals surface area contributed by atoms with E-state index in [2.05, 4.69) is 46.2 Å². The minimum Gasteiger partial charge on any atom is -0.472 e. The Morgan fingerprint density at radius 1 is 1.18 bits per heavy atom. The summed E-state index contributed by atoms with van der Waals surface area (Å²) in [6, 6.07) is 7.16. The smallest absolute Gasteiger partial charge is 0.227 e. The van der Waals surface area contributed by atoms with Gasteiger partial charge in [-0.15, -0.1) is 23.7 Å². The summed E-state index contributed by atoms with van der Waals surface area (Å²) in [6.07, 6.45) is 9.47. The van der Waals surface area contributed by atoms with Crippen LogP contribution in [0.2, 0.25) is 0 Å². The molecule has 5 rings (SSSR count). The molecular formula is C23H30ClN7OS. The summed E-state index contributed by atoms with van der Waals surface area (Å²) in [5.74, 6) is 1.40. The molecule has 0 amide bonds. The summed E-state index contributed by atoms with van der Waals surface area (Å²) in [5.41, 5.74) is 8.81. The molecule has 8 nitrogen and oxygen atoms in total. The number of thiophene rings is 1. The summed E-state index contributed by atoms with van der Waals surface area (Å²) >= 11 is 1.74. The maximum Gasteiger partial charge on any atom is 0.227 e. The lowest BCUT2D eigenvalue weighted by Gasteiger charge is -2.27. The van der Waals surface area contributed by atoms with Crippen molar-refractivity contribution in [2.75, 3.05) is 10.6 Å². The molecule has 1 fully saturated rings. The van der Waals surface area contributed by atoms with Gasteiger partial charge in [-0.25, -0.2) is 4.98 Å². The molecule has 4 N–H and O–H groups in total. The second kappa shape index (κ2) is 10.1. The van der Waals surface area contributed by atoms with E-state index in [9.17, 15) is 0 Å². The molecule has 0 atom stereocenters. The Bertz CT molecular complexity index is 1180. The molecule has 4 heterocycles. The highest BCUT2D eigenvalue weighted by atomic mass is 35.5. The first-order valence-electron chi connectivity index (χ1n) is 11.2. The van der Waals surface area contributed by atoms with Gasteiger partial charge in [0.2, 0.25) is 5.95 Å². The third kappa shape index (κ3) is 5.15. The summed E-state index contributed by atoms with van der Waals surface area (Å²) < 4.78 is 7.30. The molecule has 0 aromatic carbocycles. The average molecular weight is 488 g/mol. The molecule has 0 aliphatic heterocycles. The monoisotopic (exact) mass is 487 g/mol. The second-order valence-corrected chi connectivity index (χ2v) is 9.87. The number of anilines is 2. The van der Waals surface area contributed by atoms with Crippen molar-refractivity contribution >= 4 is 46.7 Å². The SMILES string of the molecule is CC(C)n1cnc2c(NCc3ccc(-c4ccoc4)s3)nc(NC3CCC(N)CC3)nc21.Cl. The van der Waals surface area contributed by atoms with Crippen molar-refractivity contribution < 1.29 is 4.42 Å². The van der Waals surface area contributed by atoms with Gasteiger partial charge in [0.15, 0.2) is 17.0 Å². The quantitative estimate of drug-likeness (QED) is 0.318. The Morgan fingerprint density at radius 3 is 2.73 bits per heavy atom. The van der Waals surface area contributed by atoms with Gasteiger partial charge in [0.05, 0.1) is 25.4 Å². The van der Waals surface area contributed by atoms with Gasteiger partial charge in [0.25, 0.3) is 0 Å². The Balaban J connectivity index is 0.00000259. The van der Waals surface area contributed by atoms with Crippen molar-refractivity contribution in [2.45, 2.75) is 64.2 Å². The molecule has 0 saturated heterocycles. The van der Waals surface area contributed by atoms with Crippen LogP contribution in [0.4, 0.5) is 11.8 Å². The first-order chi connectivity index (χ1) is 15.6. The number of imidazole rings is 1. The van der Waals surface area contributed by atoms with Gasteiger partial charge < -0.3 is 25.4 Å². The van der Waals surface area contributed by atoms with E-state index in [4.69, 9.17) is 20.1 Å². The van der Waals surface area contributed by atoms with E-state index in [-0.39, 0.29) is 18.4 Å². The largest absolute Gasteiger partial charge is 0.472 e. The van der Waals surface area contributed by atoms with Crippen molar-refractivity contribution in [3.05, 3.63) is 41.9 Å². The molecular weight excluding hydrogens is 458 g/mol. The fraction of sp³-hybridized carbons (Fsp3) is 0.435. The van der Waals surface area contributed by atoms with Crippen LogP contribution in [0.1, 0.15) is 50.4 Å². The molecule has 0 spiro atoms. The van der Waals surface area contributed by atoms with Crippen LogP contribution in [0, 0.1) is 0 Å². The van der Waals surface area contributed by atoms with Gasteiger partial charge in [-0.05, 0) is 57.7 Å². The third-order valence-electron chi connectivity index (χ3n) is 5.98. The maximum absolute atomic E-state index is 6.07. The van der Waals surface area contributed by atoms with Crippen LogP contribution >= 0.6 is 23.7 Å². The Kier molecular flexibility index (Phi) is 7.21. The number of aromatic nitrogens is 4. The van der Waals surface area contributed by atoms with E-state index in [0.717, 1.165) is 48.2 Å². The lowest BCUT2D eigenvalue weighted by Crippen LogP contribution is -2.33. The molecule has 10 heteroatoms. The zero-order valence-corrected chi connectivity index (χ0v) is 20.5. The number of rotatable bonds is 7. The predicted molar refractivity (Wildman–Crippen MR) is 136 cm³/mol. The van der Waals surface area contributed by atoms with E-state index in [1.165, 1.54) is 9.75 Å². The first-order valence-corrected chi connectivity index (χ1v) is 12.0. The zero-order chi connectivity index (χ0) is 22.1. The van der Waals surface area contributed by atoms with Crippen molar-refractivity contribution in [2.24, 2.45) is 5.73 Å². The van der Waals surface area contributed by atoms with Crippen molar-refractivity contribution in [1.29, 1.82) is 0 Å². The van der Waals surface area contributed by atoms with Gasteiger partial charge >= 0.3 is 0 Å². The van der Waals surface area contributed by atoms with Crippen LogP contribution in [0.3, 0.4) is 0 Å². The minimum absolute atomic E-state index is 0. The van der Waals surface area contributed by atoms with Crippen LogP contribution in [-0.2, 0) is 6.54 Å². The Morgan fingerprint density at radius 2 is 2.00 bits per heavy atom. The first kappa shape index (κ1) is 23.5. The fourth-order valence-electron chi connectivity index (χ4n) is 4.13. The van der Waals surface area contributed by atoms with Gasteiger partial charge in [-0.1, -0.05) is 0 Å². The molecule has 0 bridgehead atoms. The molecule has 176 valence electrons. The number of nitrogens with two attached hydrogens (primary N) is 1. The number of halogens is 1. The second-order valence-electron chi connectivity index (χ2n) is 8.70. The number of fused-ring (bicyclic) bond motifs is 1. The predicted octanol–water partition coefficient (Wildman–Crippen LogP) is 5.44. The summed E-state index contributed by atoms with van der Waals surface area (Å²) in [7, 11) is 0. The van der Waals surface area contributed by atoms with E-state index in [1.807, 2.05) is 12.4 Å². The van der Waals surface area contributed by atoms with Crippen molar-refractivity contribution in [3.8, 4) is 10.4 Å². The summed E-state index contributed by atoms with van der Waals surface area (Å²) in [4.78, 5) is 16.6. The molecule has 1 saturated carbocycles. The van der Waals surface area contributed by atoms with E-state index >= 15 is 0 Å². The molecule has 1 aliphatic carbocycles. The topological polar surface area (TPSA) is 107 Å². The van der Waals surface area contributed by atoms with E-state index in [1.54, 1.807) is 23.9 Å². The van der Waals surface area contributed by atoms with Crippen LogP contribution in [-0.4, -0.2) is 31.6 Å². The zero-order valence-electron chi connectivity index (χ0n) is 18.8. The van der Waals surface area contributed by atoms with Gasteiger partial charge in [-0.3, -0.25) is 0 Å². The van der Waals surface area contributed by atoms with Gasteiger partial charge in [0.1, 0.15) is 0 Å². The van der Waals surface area contributed by atoms with Gasteiger partial charge in [-0.2, -0.15) is 9.97 Å². The molecule has 1 aliphatic rings. The number of nitrogens with one attached hydrogen (secondary N) is 2. The Hall–Kier alpha value is -2.62. The number of nitrogens with zero attached hydrogens (tertiary/aromatic N) is 4. The highest BCUT2D eigenvalue weighted by Crippen LogP contribution is 2.30. The van der Waals surface area contributed by atoms with Crippen LogP contribution in [0.5, 0.6) is 0 Å². The molecule has 0 radical (unpaired) electrons. The molecule has 4 aromatic heterocycles. The van der Waals surface area contributed by atoms with Crippen molar-refractivity contribution in [3.63, 3.8) is 0 Å². The number of hydrogen-bond acceptors (Lipinski definition) is 8. The standard InChI is InChI=1S/C23H29N7OS.ClH/c1-14(2)30-13-26-20-21(25-11-18-7-8-19(32-18)15-9-10-31-12-15)28-23(29-22(20)30)27-17-5-3-16(24)4-6-17;/h7-10,12-14,16-17H,3-6,11,24H2,1-2H3,(H2,25,27,28,29);1H.